The number of hydrogen-bond donors (Lipinski definition) is 1. The Kier molecular flexibility index (Phi) is 6.47. The fourth-order valence-electron chi connectivity index (χ4n) is 3.24. The van der Waals surface area contributed by atoms with Crippen LogP contribution in [0, 0.1) is 13.8 Å². The summed E-state index contributed by atoms with van der Waals surface area (Å²) in [5.74, 6) is 2.38. The zero-order valence-corrected chi connectivity index (χ0v) is 16.3. The summed E-state index contributed by atoms with van der Waals surface area (Å²) in [7, 11) is 1.62. The lowest BCUT2D eigenvalue weighted by molar-refractivity contribution is -0.117. The lowest BCUT2D eigenvalue weighted by Gasteiger charge is -2.20. The van der Waals surface area contributed by atoms with Gasteiger partial charge in [0.2, 0.25) is 11.8 Å². The van der Waals surface area contributed by atoms with E-state index in [1.54, 1.807) is 7.11 Å². The van der Waals surface area contributed by atoms with E-state index in [1.165, 1.54) is 0 Å². The number of amides is 1. The molecule has 2 aromatic rings. The highest BCUT2D eigenvalue weighted by Gasteiger charge is 2.19. The maximum absolute atomic E-state index is 12.4. The first-order chi connectivity index (χ1) is 13.0. The number of aryl methyl sites for hydroxylation is 2. The van der Waals surface area contributed by atoms with Crippen molar-refractivity contribution in [2.24, 2.45) is 0 Å². The van der Waals surface area contributed by atoms with Crippen LogP contribution in [-0.4, -0.2) is 60.5 Å². The van der Waals surface area contributed by atoms with Gasteiger partial charge in [0.25, 0.3) is 0 Å². The van der Waals surface area contributed by atoms with Gasteiger partial charge in [-0.1, -0.05) is 6.07 Å². The van der Waals surface area contributed by atoms with Gasteiger partial charge in [0.15, 0.2) is 0 Å². The second kappa shape index (κ2) is 9.01. The Morgan fingerprint density at radius 2 is 2.00 bits per heavy atom. The van der Waals surface area contributed by atoms with Crippen LogP contribution in [0.5, 0.6) is 5.75 Å². The van der Waals surface area contributed by atoms with Gasteiger partial charge in [0, 0.05) is 24.8 Å². The summed E-state index contributed by atoms with van der Waals surface area (Å²) in [6, 6.07) is 7.41. The molecule has 1 aliphatic heterocycles. The number of rotatable bonds is 6. The Labute approximate surface area is 160 Å². The predicted molar refractivity (Wildman–Crippen MR) is 104 cm³/mol. The van der Waals surface area contributed by atoms with Gasteiger partial charge in [-0.3, -0.25) is 14.6 Å². The van der Waals surface area contributed by atoms with Crippen LogP contribution in [0.3, 0.4) is 0 Å². The maximum Gasteiger partial charge on any atom is 0.238 e. The quantitative estimate of drug-likeness (QED) is 0.840. The van der Waals surface area contributed by atoms with Crippen LogP contribution in [0.2, 0.25) is 0 Å². The SMILES string of the molecule is COc1cccc(NC(=O)CN2CCCN(Cc3nc(C)c(C)o3)CC2)c1. The molecule has 1 aromatic heterocycles. The average Bonchev–Trinajstić information content (AvgIpc) is 2.82. The van der Waals surface area contributed by atoms with Crippen molar-refractivity contribution in [3.8, 4) is 5.75 Å². The van der Waals surface area contributed by atoms with E-state index in [4.69, 9.17) is 9.15 Å². The minimum atomic E-state index is -0.00402. The number of carbonyl (C=O) groups excluding carboxylic acids is 1. The van der Waals surface area contributed by atoms with Gasteiger partial charge in [0.1, 0.15) is 11.5 Å². The van der Waals surface area contributed by atoms with Crippen LogP contribution in [0.1, 0.15) is 23.8 Å². The maximum atomic E-state index is 12.4. The van der Waals surface area contributed by atoms with Gasteiger partial charge in [-0.15, -0.1) is 0 Å². The normalized spacial score (nSPS) is 16.1. The van der Waals surface area contributed by atoms with Crippen molar-refractivity contribution >= 4 is 11.6 Å². The van der Waals surface area contributed by atoms with Gasteiger partial charge in [-0.25, -0.2) is 4.98 Å². The first-order valence-corrected chi connectivity index (χ1v) is 9.35. The van der Waals surface area contributed by atoms with E-state index in [9.17, 15) is 4.79 Å². The molecule has 3 rings (SSSR count). The number of hydrogen-bond acceptors (Lipinski definition) is 6. The zero-order valence-electron chi connectivity index (χ0n) is 16.3. The molecule has 0 saturated carbocycles. The first-order valence-electron chi connectivity index (χ1n) is 9.35. The van der Waals surface area contributed by atoms with Crippen molar-refractivity contribution in [3.63, 3.8) is 0 Å². The molecule has 146 valence electrons. The molecule has 0 spiro atoms. The fraction of sp³-hybridized carbons (Fsp3) is 0.500. The number of ether oxygens (including phenoxy) is 1. The van der Waals surface area contributed by atoms with Crippen molar-refractivity contribution in [3.05, 3.63) is 41.6 Å². The van der Waals surface area contributed by atoms with Gasteiger partial charge in [-0.05, 0) is 45.5 Å². The van der Waals surface area contributed by atoms with E-state index >= 15 is 0 Å². The summed E-state index contributed by atoms with van der Waals surface area (Å²) < 4.78 is 10.9. The molecule has 0 radical (unpaired) electrons. The molecule has 7 heteroatoms. The van der Waals surface area contributed by atoms with Crippen molar-refractivity contribution in [1.82, 2.24) is 14.8 Å². The highest BCUT2D eigenvalue weighted by Crippen LogP contribution is 2.17. The van der Waals surface area contributed by atoms with Crippen molar-refractivity contribution in [2.45, 2.75) is 26.8 Å². The zero-order chi connectivity index (χ0) is 19.2. The Bertz CT molecular complexity index is 755. The second-order valence-electron chi connectivity index (χ2n) is 6.94. The standard InChI is InChI=1S/C20H28N4O3/c1-15-16(2)27-20(21-15)14-24-9-5-8-23(10-11-24)13-19(25)22-17-6-4-7-18(12-17)26-3/h4,6-7,12H,5,8-11,13-14H2,1-3H3,(H,22,25). The smallest absolute Gasteiger partial charge is 0.238 e. The summed E-state index contributed by atoms with van der Waals surface area (Å²) in [6.45, 7) is 8.66. The monoisotopic (exact) mass is 372 g/mol. The Balaban J connectivity index is 1.48. The number of carbonyl (C=O) groups is 1. The summed E-state index contributed by atoms with van der Waals surface area (Å²) >= 11 is 0. The van der Waals surface area contributed by atoms with Crippen LogP contribution < -0.4 is 10.1 Å². The fourth-order valence-corrected chi connectivity index (χ4v) is 3.24. The third kappa shape index (κ3) is 5.55. The molecule has 1 fully saturated rings. The first kappa shape index (κ1) is 19.4. The number of benzene rings is 1. The van der Waals surface area contributed by atoms with E-state index in [2.05, 4.69) is 20.1 Å². The molecular weight excluding hydrogens is 344 g/mol. The molecule has 1 aromatic carbocycles. The molecule has 1 N–H and O–H groups in total. The van der Waals surface area contributed by atoms with E-state index in [0.717, 1.165) is 67.9 Å². The lowest BCUT2D eigenvalue weighted by Crippen LogP contribution is -2.36. The third-order valence-corrected chi connectivity index (χ3v) is 4.83. The Morgan fingerprint density at radius 3 is 2.74 bits per heavy atom. The molecule has 0 atom stereocenters. The van der Waals surface area contributed by atoms with Crippen LogP contribution in [0.25, 0.3) is 0 Å². The van der Waals surface area contributed by atoms with Gasteiger partial charge >= 0.3 is 0 Å². The van der Waals surface area contributed by atoms with Crippen LogP contribution in [-0.2, 0) is 11.3 Å². The minimum Gasteiger partial charge on any atom is -0.497 e. The van der Waals surface area contributed by atoms with Gasteiger partial charge < -0.3 is 14.5 Å². The Hall–Kier alpha value is -2.38. The second-order valence-corrected chi connectivity index (χ2v) is 6.94. The molecule has 2 heterocycles. The van der Waals surface area contributed by atoms with E-state index in [1.807, 2.05) is 38.1 Å². The lowest BCUT2D eigenvalue weighted by atomic mass is 10.3. The molecule has 1 amide bonds. The molecule has 0 unspecified atom stereocenters. The summed E-state index contributed by atoms with van der Waals surface area (Å²) in [6.07, 6.45) is 1.02. The average molecular weight is 372 g/mol. The largest absolute Gasteiger partial charge is 0.497 e. The number of methoxy groups -OCH3 is 1. The summed E-state index contributed by atoms with van der Waals surface area (Å²) in [5.41, 5.74) is 1.71. The molecule has 1 aliphatic rings. The van der Waals surface area contributed by atoms with E-state index < -0.39 is 0 Å². The molecule has 0 bridgehead atoms. The minimum absolute atomic E-state index is 0.00402. The van der Waals surface area contributed by atoms with Crippen molar-refractivity contribution in [2.75, 3.05) is 45.2 Å². The van der Waals surface area contributed by atoms with Gasteiger partial charge in [0.05, 0.1) is 25.9 Å². The van der Waals surface area contributed by atoms with Gasteiger partial charge in [-0.2, -0.15) is 0 Å². The van der Waals surface area contributed by atoms with Crippen LogP contribution in [0.15, 0.2) is 28.7 Å². The predicted octanol–water partition coefficient (Wildman–Crippen LogP) is 2.45. The van der Waals surface area contributed by atoms with E-state index in [0.29, 0.717) is 6.54 Å². The third-order valence-electron chi connectivity index (χ3n) is 4.83. The topological polar surface area (TPSA) is 70.8 Å². The number of oxazole rings is 1. The highest BCUT2D eigenvalue weighted by atomic mass is 16.5. The highest BCUT2D eigenvalue weighted by molar-refractivity contribution is 5.92. The van der Waals surface area contributed by atoms with Crippen LogP contribution in [0.4, 0.5) is 5.69 Å². The molecule has 0 aliphatic carbocycles. The number of nitrogens with one attached hydrogen (secondary N) is 1. The Morgan fingerprint density at radius 1 is 1.22 bits per heavy atom. The summed E-state index contributed by atoms with van der Waals surface area (Å²) in [4.78, 5) is 21.4. The molecule has 1 saturated heterocycles. The van der Waals surface area contributed by atoms with E-state index in [-0.39, 0.29) is 5.91 Å². The van der Waals surface area contributed by atoms with Crippen molar-refractivity contribution < 1.29 is 13.9 Å². The molecule has 7 nitrogen and oxygen atoms in total. The van der Waals surface area contributed by atoms with Crippen LogP contribution >= 0.6 is 0 Å². The van der Waals surface area contributed by atoms with Crippen molar-refractivity contribution in [1.29, 1.82) is 0 Å². The molecular formula is C20H28N4O3. The number of aromatic nitrogens is 1. The number of anilines is 1. The number of nitrogens with zero attached hydrogens (tertiary/aromatic N) is 3. The molecule has 27 heavy (non-hydrogen) atoms. The summed E-state index contributed by atoms with van der Waals surface area (Å²) in [5, 5.41) is 2.95.